The maximum Gasteiger partial charge on any atom is 0.254 e. The van der Waals surface area contributed by atoms with Crippen molar-refractivity contribution in [3.05, 3.63) is 70.8 Å². The lowest BCUT2D eigenvalue weighted by atomic mass is 9.93. The molecule has 3 aliphatic heterocycles. The number of benzene rings is 2. The normalized spacial score (nSPS) is 25.2. The highest BCUT2D eigenvalue weighted by atomic mass is 16.5. The Morgan fingerprint density at radius 2 is 1.87 bits per heavy atom. The summed E-state index contributed by atoms with van der Waals surface area (Å²) in [6, 6.07) is 15.0. The van der Waals surface area contributed by atoms with Crippen molar-refractivity contribution in [1.29, 1.82) is 0 Å². The number of rotatable bonds is 5. The largest absolute Gasteiger partial charge is 0.390 e. The predicted molar refractivity (Wildman–Crippen MR) is 115 cm³/mol. The number of ether oxygens (including phenoxy) is 1. The van der Waals surface area contributed by atoms with Crippen LogP contribution in [0.15, 0.2) is 48.5 Å². The molecule has 7 heteroatoms. The lowest BCUT2D eigenvalue weighted by Gasteiger charge is -2.30. The molecule has 2 saturated heterocycles. The number of carbonyl (C=O) groups excluding carboxylic acids is 2. The van der Waals surface area contributed by atoms with Crippen molar-refractivity contribution in [3.8, 4) is 0 Å². The standard InChI is InChI=1S/C24H27N3O4/c28-22(21-9-17-3-1-2-4-18(17)11-25-21)12-26-23(29)15-5-7-16(8-6-15)24(30)27-13-20-10-19(27)14-31-20/h1-8,19-22,25,28H,9-14H2,(H,26,29)/t19?,20?,21-,22?/m0/s1. The number of likely N-dealkylation sites (tertiary alicyclic amines) is 1. The number of hydrogen-bond acceptors (Lipinski definition) is 5. The van der Waals surface area contributed by atoms with Crippen molar-refractivity contribution < 1.29 is 19.4 Å². The zero-order chi connectivity index (χ0) is 21.4. The molecule has 3 heterocycles. The Bertz CT molecular complexity index is 977. The second kappa shape index (κ2) is 8.42. The number of hydrogen-bond donors (Lipinski definition) is 3. The molecule has 2 fully saturated rings. The summed E-state index contributed by atoms with van der Waals surface area (Å²) in [6.45, 7) is 2.13. The van der Waals surface area contributed by atoms with Crippen LogP contribution in [0.1, 0.15) is 38.3 Å². The Kier molecular flexibility index (Phi) is 5.48. The van der Waals surface area contributed by atoms with Crippen LogP contribution in [0.25, 0.3) is 0 Å². The number of nitrogens with one attached hydrogen (secondary N) is 2. The van der Waals surface area contributed by atoms with Gasteiger partial charge in [-0.25, -0.2) is 0 Å². The van der Waals surface area contributed by atoms with Crippen LogP contribution in [0.4, 0.5) is 0 Å². The first-order chi connectivity index (χ1) is 15.1. The van der Waals surface area contributed by atoms with Crippen molar-refractivity contribution in [2.45, 2.75) is 43.7 Å². The monoisotopic (exact) mass is 421 g/mol. The molecule has 31 heavy (non-hydrogen) atoms. The van der Waals surface area contributed by atoms with Gasteiger partial charge in [0.05, 0.1) is 24.9 Å². The van der Waals surface area contributed by atoms with E-state index in [-0.39, 0.29) is 36.5 Å². The number of aliphatic hydroxyl groups is 1. The molecule has 0 radical (unpaired) electrons. The number of carbonyl (C=O) groups is 2. The van der Waals surface area contributed by atoms with Crippen molar-refractivity contribution >= 4 is 11.8 Å². The van der Waals surface area contributed by atoms with E-state index in [1.807, 2.05) is 17.0 Å². The van der Waals surface area contributed by atoms with Gasteiger partial charge in [-0.05, 0) is 48.2 Å². The van der Waals surface area contributed by atoms with Gasteiger partial charge in [-0.3, -0.25) is 9.59 Å². The Morgan fingerprint density at radius 1 is 1.13 bits per heavy atom. The third kappa shape index (κ3) is 4.08. The number of nitrogens with zero attached hydrogens (tertiary/aromatic N) is 1. The molecule has 0 aromatic heterocycles. The molecule has 3 aliphatic rings. The van der Waals surface area contributed by atoms with Crippen LogP contribution in [0, 0.1) is 0 Å². The molecule has 2 aromatic carbocycles. The minimum atomic E-state index is -0.689. The summed E-state index contributed by atoms with van der Waals surface area (Å²) in [5.74, 6) is -0.273. The van der Waals surface area contributed by atoms with Gasteiger partial charge in [-0.2, -0.15) is 0 Å². The number of amides is 2. The highest BCUT2D eigenvalue weighted by Crippen LogP contribution is 2.29. The third-order valence-electron chi connectivity index (χ3n) is 6.60. The molecular formula is C24H27N3O4. The van der Waals surface area contributed by atoms with E-state index in [1.54, 1.807) is 24.3 Å². The average Bonchev–Trinajstić information content (AvgIpc) is 3.45. The van der Waals surface area contributed by atoms with Crippen LogP contribution in [0.3, 0.4) is 0 Å². The molecule has 5 rings (SSSR count). The SMILES string of the molecule is O=C(NCC(O)[C@@H]1Cc2ccccc2CN1)c1ccc(C(=O)N2CC3CC2CO3)cc1. The fraction of sp³-hybridized carbons (Fsp3) is 0.417. The summed E-state index contributed by atoms with van der Waals surface area (Å²) in [6.07, 6.45) is 1.12. The Balaban J connectivity index is 1.14. The molecule has 162 valence electrons. The van der Waals surface area contributed by atoms with Crippen LogP contribution in [0.2, 0.25) is 0 Å². The van der Waals surface area contributed by atoms with Crippen LogP contribution >= 0.6 is 0 Å². The van der Waals surface area contributed by atoms with Gasteiger partial charge < -0.3 is 25.4 Å². The zero-order valence-corrected chi connectivity index (χ0v) is 17.3. The number of aliphatic hydroxyl groups excluding tert-OH is 1. The van der Waals surface area contributed by atoms with Gasteiger partial charge in [0.1, 0.15) is 0 Å². The maximum atomic E-state index is 12.7. The molecular weight excluding hydrogens is 394 g/mol. The first kappa shape index (κ1) is 20.2. The molecule has 4 atom stereocenters. The maximum absolute atomic E-state index is 12.7. The summed E-state index contributed by atoms with van der Waals surface area (Å²) in [7, 11) is 0. The number of morpholine rings is 1. The summed E-state index contributed by atoms with van der Waals surface area (Å²) < 4.78 is 5.55. The van der Waals surface area contributed by atoms with Crippen LogP contribution < -0.4 is 10.6 Å². The van der Waals surface area contributed by atoms with E-state index in [1.165, 1.54) is 11.1 Å². The van der Waals surface area contributed by atoms with Crippen LogP contribution in [0.5, 0.6) is 0 Å². The van der Waals surface area contributed by atoms with E-state index in [9.17, 15) is 14.7 Å². The van der Waals surface area contributed by atoms with E-state index in [0.29, 0.717) is 30.8 Å². The van der Waals surface area contributed by atoms with Gasteiger partial charge in [0.25, 0.3) is 11.8 Å². The molecule has 2 amide bonds. The van der Waals surface area contributed by atoms with Gasteiger partial charge in [0.15, 0.2) is 0 Å². The Labute approximate surface area is 181 Å². The lowest BCUT2D eigenvalue weighted by Crippen LogP contribution is -2.49. The van der Waals surface area contributed by atoms with Gasteiger partial charge in [0, 0.05) is 36.8 Å². The van der Waals surface area contributed by atoms with Crippen molar-refractivity contribution in [1.82, 2.24) is 15.5 Å². The smallest absolute Gasteiger partial charge is 0.254 e. The number of fused-ring (bicyclic) bond motifs is 3. The molecule has 3 unspecified atom stereocenters. The average molecular weight is 421 g/mol. The van der Waals surface area contributed by atoms with E-state index < -0.39 is 6.10 Å². The molecule has 2 aromatic rings. The van der Waals surface area contributed by atoms with E-state index >= 15 is 0 Å². The van der Waals surface area contributed by atoms with E-state index in [0.717, 1.165) is 12.8 Å². The highest BCUT2D eigenvalue weighted by Gasteiger charge is 2.41. The Hall–Kier alpha value is -2.74. The molecule has 7 nitrogen and oxygen atoms in total. The van der Waals surface area contributed by atoms with Crippen molar-refractivity contribution in [2.75, 3.05) is 19.7 Å². The second-order valence-electron chi connectivity index (χ2n) is 8.62. The predicted octanol–water partition coefficient (Wildman–Crippen LogP) is 1.11. The molecule has 0 saturated carbocycles. The summed E-state index contributed by atoms with van der Waals surface area (Å²) in [5.41, 5.74) is 3.53. The van der Waals surface area contributed by atoms with Gasteiger partial charge >= 0.3 is 0 Å². The quantitative estimate of drug-likeness (QED) is 0.673. The fourth-order valence-corrected chi connectivity index (χ4v) is 4.77. The molecule has 2 bridgehead atoms. The summed E-state index contributed by atoms with van der Waals surface area (Å²) in [4.78, 5) is 27.1. The lowest BCUT2D eigenvalue weighted by molar-refractivity contribution is 0.0259. The first-order valence-corrected chi connectivity index (χ1v) is 10.9. The fourth-order valence-electron chi connectivity index (χ4n) is 4.77. The van der Waals surface area contributed by atoms with Crippen LogP contribution in [-0.2, 0) is 17.7 Å². The molecule has 0 aliphatic carbocycles. The van der Waals surface area contributed by atoms with Crippen molar-refractivity contribution in [2.24, 2.45) is 0 Å². The highest BCUT2D eigenvalue weighted by molar-refractivity contribution is 5.98. The van der Waals surface area contributed by atoms with Gasteiger partial charge in [0.2, 0.25) is 0 Å². The molecule has 3 N–H and O–H groups in total. The first-order valence-electron chi connectivity index (χ1n) is 10.9. The topological polar surface area (TPSA) is 90.9 Å². The minimum absolute atomic E-state index is 0.0122. The second-order valence-corrected chi connectivity index (χ2v) is 8.62. The zero-order valence-electron chi connectivity index (χ0n) is 17.3. The molecule has 0 spiro atoms. The summed E-state index contributed by atoms with van der Waals surface area (Å²) in [5, 5.41) is 16.7. The van der Waals surface area contributed by atoms with Gasteiger partial charge in [-0.1, -0.05) is 24.3 Å². The Morgan fingerprint density at radius 3 is 2.58 bits per heavy atom. The third-order valence-corrected chi connectivity index (χ3v) is 6.60. The van der Waals surface area contributed by atoms with E-state index in [2.05, 4.69) is 22.8 Å². The van der Waals surface area contributed by atoms with E-state index in [4.69, 9.17) is 4.74 Å². The summed E-state index contributed by atoms with van der Waals surface area (Å²) >= 11 is 0. The van der Waals surface area contributed by atoms with Crippen LogP contribution in [-0.4, -0.2) is 65.8 Å². The van der Waals surface area contributed by atoms with Crippen molar-refractivity contribution in [3.63, 3.8) is 0 Å². The minimum Gasteiger partial charge on any atom is -0.390 e. The van der Waals surface area contributed by atoms with Gasteiger partial charge in [-0.15, -0.1) is 0 Å².